The lowest BCUT2D eigenvalue weighted by Crippen LogP contribution is -2.20. The molecule has 1 aromatic heterocycles. The first-order chi connectivity index (χ1) is 10.8. The molecule has 0 aliphatic carbocycles. The second-order valence-electron chi connectivity index (χ2n) is 4.88. The molecular formula is C18H15N3O. The van der Waals surface area contributed by atoms with Crippen LogP contribution >= 0.6 is 0 Å². The fourth-order valence-electron chi connectivity index (χ4n) is 2.29. The van der Waals surface area contributed by atoms with Crippen LogP contribution in [0.3, 0.4) is 0 Å². The van der Waals surface area contributed by atoms with Crippen LogP contribution in [-0.2, 0) is 0 Å². The molecule has 4 heteroatoms. The van der Waals surface area contributed by atoms with Crippen LogP contribution in [0.25, 0.3) is 10.8 Å². The Kier molecular flexibility index (Phi) is 3.92. The summed E-state index contributed by atoms with van der Waals surface area (Å²) in [6.45, 7) is 1.88. The molecule has 0 atom stereocenters. The second-order valence-corrected chi connectivity index (χ2v) is 4.88. The van der Waals surface area contributed by atoms with Crippen molar-refractivity contribution in [3.63, 3.8) is 0 Å². The average molecular weight is 289 g/mol. The number of benzene rings is 2. The molecule has 0 fully saturated rings. The van der Waals surface area contributed by atoms with E-state index in [1.807, 2.05) is 37.3 Å². The van der Waals surface area contributed by atoms with Crippen LogP contribution in [0.2, 0.25) is 0 Å². The number of hydrogen-bond acceptors (Lipinski definition) is 3. The Balaban J connectivity index is 1.86. The third kappa shape index (κ3) is 2.86. The van der Waals surface area contributed by atoms with Crippen LogP contribution < -0.4 is 5.43 Å². The van der Waals surface area contributed by atoms with Gasteiger partial charge in [-0.15, -0.1) is 0 Å². The Labute approximate surface area is 128 Å². The molecule has 108 valence electrons. The number of pyridine rings is 1. The summed E-state index contributed by atoms with van der Waals surface area (Å²) in [6.07, 6.45) is 1.58. The molecule has 3 rings (SSSR count). The lowest BCUT2D eigenvalue weighted by atomic mass is 10.0. The molecule has 0 radical (unpaired) electrons. The average Bonchev–Trinajstić information content (AvgIpc) is 2.59. The number of amides is 1. The number of carbonyl (C=O) groups is 1. The van der Waals surface area contributed by atoms with Crippen molar-refractivity contribution in [2.24, 2.45) is 5.10 Å². The van der Waals surface area contributed by atoms with E-state index in [0.717, 1.165) is 22.0 Å². The molecule has 3 aromatic rings. The number of aromatic nitrogens is 1. The summed E-state index contributed by atoms with van der Waals surface area (Å²) in [5.74, 6) is -0.319. The third-order valence-electron chi connectivity index (χ3n) is 3.40. The Morgan fingerprint density at radius 3 is 2.59 bits per heavy atom. The molecule has 0 saturated heterocycles. The molecule has 1 heterocycles. The number of carbonyl (C=O) groups excluding carboxylic acids is 1. The van der Waals surface area contributed by atoms with E-state index >= 15 is 0 Å². The van der Waals surface area contributed by atoms with E-state index < -0.39 is 0 Å². The van der Waals surface area contributed by atoms with Gasteiger partial charge in [0.05, 0.1) is 5.71 Å². The molecule has 0 spiro atoms. The first-order valence-electron chi connectivity index (χ1n) is 6.99. The van der Waals surface area contributed by atoms with E-state index in [0.29, 0.717) is 5.69 Å². The zero-order chi connectivity index (χ0) is 15.4. The minimum Gasteiger partial charge on any atom is -0.266 e. The SMILES string of the molecule is CC(=NNC(=O)c1ccccn1)c1cccc2ccccc12. The standard InChI is InChI=1S/C18H15N3O/c1-13(20-21-18(22)17-11-4-5-12-19-17)15-10-6-8-14-7-2-3-9-16(14)15/h2-12H,1H3,(H,21,22). The summed E-state index contributed by atoms with van der Waals surface area (Å²) in [4.78, 5) is 16.0. The predicted octanol–water partition coefficient (Wildman–Crippen LogP) is 3.39. The topological polar surface area (TPSA) is 54.4 Å². The number of hydrazone groups is 1. The first-order valence-corrected chi connectivity index (χ1v) is 6.99. The molecule has 22 heavy (non-hydrogen) atoms. The summed E-state index contributed by atoms with van der Waals surface area (Å²) in [5, 5.41) is 6.45. The summed E-state index contributed by atoms with van der Waals surface area (Å²) < 4.78 is 0. The van der Waals surface area contributed by atoms with Crippen LogP contribution in [0.5, 0.6) is 0 Å². The van der Waals surface area contributed by atoms with Crippen LogP contribution in [0.4, 0.5) is 0 Å². The highest BCUT2D eigenvalue weighted by Gasteiger charge is 2.07. The smallest absolute Gasteiger partial charge is 0.266 e. The molecule has 0 bridgehead atoms. The van der Waals surface area contributed by atoms with Crippen LogP contribution in [0, 0.1) is 0 Å². The van der Waals surface area contributed by atoms with E-state index in [2.05, 4.69) is 27.6 Å². The Bertz CT molecular complexity index is 836. The lowest BCUT2D eigenvalue weighted by Gasteiger charge is -2.06. The Morgan fingerprint density at radius 1 is 1.00 bits per heavy atom. The van der Waals surface area contributed by atoms with Crippen molar-refractivity contribution < 1.29 is 4.79 Å². The maximum Gasteiger partial charge on any atom is 0.289 e. The number of nitrogens with one attached hydrogen (secondary N) is 1. The molecule has 0 aliphatic rings. The van der Waals surface area contributed by atoms with Gasteiger partial charge in [0.1, 0.15) is 5.69 Å². The van der Waals surface area contributed by atoms with E-state index in [1.165, 1.54) is 0 Å². The molecule has 2 aromatic carbocycles. The van der Waals surface area contributed by atoms with Gasteiger partial charge in [0.2, 0.25) is 0 Å². The third-order valence-corrected chi connectivity index (χ3v) is 3.40. The Morgan fingerprint density at radius 2 is 1.77 bits per heavy atom. The van der Waals surface area contributed by atoms with Gasteiger partial charge in [-0.2, -0.15) is 5.10 Å². The largest absolute Gasteiger partial charge is 0.289 e. The molecule has 1 N–H and O–H groups in total. The lowest BCUT2D eigenvalue weighted by molar-refractivity contribution is 0.0950. The highest BCUT2D eigenvalue weighted by atomic mass is 16.2. The highest BCUT2D eigenvalue weighted by molar-refractivity contribution is 6.10. The number of hydrogen-bond donors (Lipinski definition) is 1. The number of nitrogens with zero attached hydrogens (tertiary/aromatic N) is 2. The van der Waals surface area contributed by atoms with Gasteiger partial charge >= 0.3 is 0 Å². The van der Waals surface area contributed by atoms with Gasteiger partial charge in [0.15, 0.2) is 0 Å². The monoisotopic (exact) mass is 289 g/mol. The molecule has 0 saturated carbocycles. The quantitative estimate of drug-likeness (QED) is 0.593. The second kappa shape index (κ2) is 6.18. The highest BCUT2D eigenvalue weighted by Crippen LogP contribution is 2.19. The molecule has 4 nitrogen and oxygen atoms in total. The fraction of sp³-hybridized carbons (Fsp3) is 0.0556. The Hall–Kier alpha value is -3.01. The van der Waals surface area contributed by atoms with Crippen molar-refractivity contribution in [3.05, 3.63) is 78.1 Å². The number of fused-ring (bicyclic) bond motifs is 1. The van der Waals surface area contributed by atoms with E-state index in [4.69, 9.17) is 0 Å². The van der Waals surface area contributed by atoms with E-state index in [9.17, 15) is 4.79 Å². The molecule has 1 amide bonds. The normalized spacial score (nSPS) is 11.4. The van der Waals surface area contributed by atoms with E-state index in [-0.39, 0.29) is 5.91 Å². The van der Waals surface area contributed by atoms with Gasteiger partial charge in [-0.05, 0) is 29.8 Å². The first kappa shape index (κ1) is 13.9. The minimum atomic E-state index is -0.319. The summed E-state index contributed by atoms with van der Waals surface area (Å²) in [7, 11) is 0. The van der Waals surface area contributed by atoms with Crippen molar-refractivity contribution in [2.75, 3.05) is 0 Å². The van der Waals surface area contributed by atoms with Gasteiger partial charge in [0, 0.05) is 11.8 Å². The van der Waals surface area contributed by atoms with Gasteiger partial charge in [-0.1, -0.05) is 48.5 Å². The van der Waals surface area contributed by atoms with Crippen molar-refractivity contribution >= 4 is 22.4 Å². The van der Waals surface area contributed by atoms with Crippen molar-refractivity contribution in [3.8, 4) is 0 Å². The summed E-state index contributed by atoms with van der Waals surface area (Å²) >= 11 is 0. The zero-order valence-electron chi connectivity index (χ0n) is 12.2. The van der Waals surface area contributed by atoms with Crippen molar-refractivity contribution in [1.29, 1.82) is 0 Å². The van der Waals surface area contributed by atoms with Crippen LogP contribution in [-0.4, -0.2) is 16.6 Å². The summed E-state index contributed by atoms with van der Waals surface area (Å²) in [5.41, 5.74) is 4.64. The fourth-order valence-corrected chi connectivity index (χ4v) is 2.29. The van der Waals surface area contributed by atoms with Crippen LogP contribution in [0.1, 0.15) is 23.0 Å². The zero-order valence-corrected chi connectivity index (χ0v) is 12.2. The maximum atomic E-state index is 12.0. The molecular weight excluding hydrogens is 274 g/mol. The summed E-state index contributed by atoms with van der Waals surface area (Å²) in [6, 6.07) is 19.3. The van der Waals surface area contributed by atoms with Crippen molar-refractivity contribution in [2.45, 2.75) is 6.92 Å². The van der Waals surface area contributed by atoms with E-state index in [1.54, 1.807) is 24.4 Å². The molecule has 0 aliphatic heterocycles. The minimum absolute atomic E-state index is 0.319. The van der Waals surface area contributed by atoms with Gasteiger partial charge in [-0.25, -0.2) is 5.43 Å². The molecule has 0 unspecified atom stereocenters. The van der Waals surface area contributed by atoms with Crippen molar-refractivity contribution in [1.82, 2.24) is 10.4 Å². The maximum absolute atomic E-state index is 12.0. The van der Waals surface area contributed by atoms with Gasteiger partial charge in [0.25, 0.3) is 5.91 Å². The number of rotatable bonds is 3. The predicted molar refractivity (Wildman–Crippen MR) is 87.9 cm³/mol. The van der Waals surface area contributed by atoms with Crippen LogP contribution in [0.15, 0.2) is 72.0 Å². The van der Waals surface area contributed by atoms with Gasteiger partial charge in [-0.3, -0.25) is 9.78 Å². The van der Waals surface area contributed by atoms with Gasteiger partial charge < -0.3 is 0 Å².